The van der Waals surface area contributed by atoms with Crippen molar-refractivity contribution in [2.45, 2.75) is 83.9 Å². The van der Waals surface area contributed by atoms with E-state index in [1.54, 1.807) is 25.3 Å². The zero-order chi connectivity index (χ0) is 46.7. The fraction of sp³-hybridized carbons (Fsp3) is 0.500. The van der Waals surface area contributed by atoms with E-state index < -0.39 is 16.2 Å². The molecule has 0 aliphatic heterocycles. The number of rotatable bonds is 18. The first-order valence-electron chi connectivity index (χ1n) is 19.1. The molecule has 2 atom stereocenters. The van der Waals surface area contributed by atoms with Crippen LogP contribution in [0.15, 0.2) is 72.1 Å². The molecule has 62 heavy (non-hydrogen) atoms. The lowest BCUT2D eigenvalue weighted by Crippen LogP contribution is -2.24. The lowest BCUT2D eigenvalue weighted by Gasteiger charge is -2.16. The topological polar surface area (TPSA) is 170 Å². The number of allylic oxidation sites excluding steroid dienone is 1. The number of aryl methyl sites for hydroxylation is 10. The van der Waals surface area contributed by atoms with Crippen LogP contribution in [0.1, 0.15) is 60.6 Å². The minimum absolute atomic E-state index is 0.0382. The van der Waals surface area contributed by atoms with Crippen LogP contribution < -0.4 is 0 Å². The van der Waals surface area contributed by atoms with Gasteiger partial charge in [0.1, 0.15) is 6.29 Å². The number of aromatic nitrogens is 10. The average Bonchev–Trinajstić information content (AvgIpc) is 4.06. The van der Waals surface area contributed by atoms with Crippen molar-refractivity contribution >= 4 is 112 Å². The van der Waals surface area contributed by atoms with E-state index in [0.717, 1.165) is 82.9 Å². The molecule has 0 amide bonds. The molecule has 1 N–H and O–H groups in total. The summed E-state index contributed by atoms with van der Waals surface area (Å²) in [5.74, 6) is 2.58. The van der Waals surface area contributed by atoms with Gasteiger partial charge in [-0.05, 0) is 76.8 Å². The van der Waals surface area contributed by atoms with E-state index in [1.165, 1.54) is 0 Å². The van der Waals surface area contributed by atoms with Gasteiger partial charge in [0.05, 0.1) is 89.4 Å². The predicted octanol–water partition coefficient (Wildman–Crippen LogP) is 8.16. The number of halogens is 6. The van der Waals surface area contributed by atoms with Gasteiger partial charge in [0.15, 0.2) is 0 Å². The first kappa shape index (κ1) is 57.8. The van der Waals surface area contributed by atoms with Gasteiger partial charge in [-0.15, -0.1) is 12.3 Å². The molecule has 15 nitrogen and oxygen atoms in total. The fourth-order valence-corrected chi connectivity index (χ4v) is 7.54. The van der Waals surface area contributed by atoms with Crippen LogP contribution in [0.25, 0.3) is 0 Å². The summed E-state index contributed by atoms with van der Waals surface area (Å²) in [6.07, 6.45) is 34.6. The Labute approximate surface area is 416 Å². The number of alkyl halides is 4. The number of carbonyl (C=O) groups is 1. The summed E-state index contributed by atoms with van der Waals surface area (Å²) in [6.45, 7) is 0. The van der Waals surface area contributed by atoms with Crippen molar-refractivity contribution in [1.82, 2.24) is 47.8 Å². The van der Waals surface area contributed by atoms with Crippen LogP contribution in [0.5, 0.6) is 0 Å². The normalized spacial score (nSPS) is 11.7. The number of aliphatic hydroxyl groups is 1. The Balaban J connectivity index is 0.000000393. The molecule has 0 saturated carbocycles. The van der Waals surface area contributed by atoms with Crippen LogP contribution in [-0.2, 0) is 86.4 Å². The minimum Gasteiger partial charge on any atom is -0.391 e. The Kier molecular flexibility index (Phi) is 30.2. The maximum Gasteiger partial charge on any atom is 0.264 e. The third-order valence-corrected chi connectivity index (χ3v) is 11.4. The Hall–Kier alpha value is -2.23. The van der Waals surface area contributed by atoms with Gasteiger partial charge in [-0.2, -0.15) is 8.42 Å². The molecular formula is C40H56Br6N10O5S. The van der Waals surface area contributed by atoms with E-state index in [1.807, 2.05) is 95.4 Å². The van der Waals surface area contributed by atoms with Crippen molar-refractivity contribution in [3.05, 3.63) is 101 Å². The molecule has 344 valence electrons. The summed E-state index contributed by atoms with van der Waals surface area (Å²) < 4.78 is 37.4. The molecule has 5 aromatic heterocycles. The van der Waals surface area contributed by atoms with Crippen molar-refractivity contribution in [1.29, 1.82) is 0 Å². The summed E-state index contributed by atoms with van der Waals surface area (Å²) in [5, 5.41) is 9.47. The molecule has 0 bridgehead atoms. The maximum absolute atomic E-state index is 11.1. The Morgan fingerprint density at radius 3 is 1.35 bits per heavy atom. The van der Waals surface area contributed by atoms with Gasteiger partial charge in [-0.3, -0.25) is 4.18 Å². The second-order valence-electron chi connectivity index (χ2n) is 13.7. The standard InChI is InChI=1S/C9H14Br2N2O3S.C8H12Br2N2O.C8H10Br2N2.C8H10N2.C7H10N2O/c1-13-5-7(12-6-13)3-4-8(9(10)11)16-17(2,14)15;1-12-4-6(11-5-12)2-3-7(13)8(9)10;1-12-5-7(11-6-12)3-2-4-8(9)10;1-3-4-5-8-6-10(2)7-9-8;1-9-5-7(8-6-9)3-2-4-10/h5-6,8-9H,3-4H2,1-2H3;4-5,7-8,13H,2-3H2,1H3;4-6H,2-3H2,1H3;1,6-7H,4-5H2,2H3;4-6H,2-3H2,1H3. The highest BCUT2D eigenvalue weighted by molar-refractivity contribution is 9.28. The molecule has 0 aromatic carbocycles. The molecular weight excluding hydrogens is 1210 g/mol. The first-order valence-corrected chi connectivity index (χ1v) is 26.1. The van der Waals surface area contributed by atoms with E-state index in [2.05, 4.69) is 132 Å². The molecule has 5 heterocycles. The lowest BCUT2D eigenvalue weighted by atomic mass is 10.2. The Bertz CT molecular complexity index is 2150. The Morgan fingerprint density at radius 1 is 0.677 bits per heavy atom. The highest BCUT2D eigenvalue weighted by Crippen LogP contribution is 2.22. The van der Waals surface area contributed by atoms with Crippen LogP contribution in [0.4, 0.5) is 0 Å². The Morgan fingerprint density at radius 2 is 1.05 bits per heavy atom. The summed E-state index contributed by atoms with van der Waals surface area (Å²) in [5.41, 5.74) is 5.11. The molecule has 0 fully saturated rings. The third-order valence-electron chi connectivity index (χ3n) is 7.79. The number of imidazole rings is 5. The summed E-state index contributed by atoms with van der Waals surface area (Å²) in [7, 11) is 6.21. The van der Waals surface area contributed by atoms with E-state index in [4.69, 9.17) is 10.6 Å². The fourth-order valence-electron chi connectivity index (χ4n) is 4.87. The van der Waals surface area contributed by atoms with Gasteiger partial charge in [0.25, 0.3) is 10.1 Å². The largest absolute Gasteiger partial charge is 0.391 e. The van der Waals surface area contributed by atoms with Crippen molar-refractivity contribution in [2.24, 2.45) is 35.2 Å². The van der Waals surface area contributed by atoms with E-state index >= 15 is 0 Å². The van der Waals surface area contributed by atoms with Crippen LogP contribution in [0.2, 0.25) is 0 Å². The van der Waals surface area contributed by atoms with Gasteiger partial charge in [-0.1, -0.05) is 69.8 Å². The van der Waals surface area contributed by atoms with E-state index in [0.29, 0.717) is 25.7 Å². The van der Waals surface area contributed by atoms with Gasteiger partial charge >= 0.3 is 0 Å². The van der Waals surface area contributed by atoms with E-state index in [-0.39, 0.29) is 13.6 Å². The van der Waals surface area contributed by atoms with Gasteiger partial charge in [0, 0.05) is 85.5 Å². The van der Waals surface area contributed by atoms with E-state index in [9.17, 15) is 18.3 Å². The van der Waals surface area contributed by atoms with Gasteiger partial charge in [-0.25, -0.2) is 24.9 Å². The maximum atomic E-state index is 11.1. The molecule has 0 aliphatic rings. The van der Waals surface area contributed by atoms with Crippen molar-refractivity contribution < 1.29 is 22.5 Å². The highest BCUT2D eigenvalue weighted by Gasteiger charge is 2.22. The summed E-state index contributed by atoms with van der Waals surface area (Å²) >= 11 is 19.7. The number of terminal acetylenes is 1. The van der Waals surface area contributed by atoms with Crippen molar-refractivity contribution in [3.63, 3.8) is 0 Å². The minimum atomic E-state index is -3.45. The highest BCUT2D eigenvalue weighted by atomic mass is 79.9. The second kappa shape index (κ2) is 32.4. The lowest BCUT2D eigenvalue weighted by molar-refractivity contribution is -0.107. The molecule has 5 rings (SSSR count). The summed E-state index contributed by atoms with van der Waals surface area (Å²) in [6, 6.07) is 0. The zero-order valence-electron chi connectivity index (χ0n) is 35.6. The van der Waals surface area contributed by atoms with Crippen molar-refractivity contribution in [3.8, 4) is 12.3 Å². The predicted molar refractivity (Wildman–Crippen MR) is 267 cm³/mol. The van der Waals surface area contributed by atoms with Gasteiger partial charge < -0.3 is 32.7 Å². The molecule has 2 unspecified atom stereocenters. The zero-order valence-corrected chi connectivity index (χ0v) is 45.9. The van der Waals surface area contributed by atoms with Crippen LogP contribution in [0.3, 0.4) is 0 Å². The summed E-state index contributed by atoms with van der Waals surface area (Å²) in [4.78, 5) is 30.7. The number of nitrogens with zero attached hydrogens (tertiary/aromatic N) is 10. The van der Waals surface area contributed by atoms with Crippen LogP contribution in [-0.4, -0.2) is 93.5 Å². The number of aliphatic hydroxyl groups excluding tert-OH is 1. The number of hydrogen-bond donors (Lipinski definition) is 1. The molecule has 0 saturated heterocycles. The quantitative estimate of drug-likeness (QED) is 0.0391. The van der Waals surface area contributed by atoms with Gasteiger partial charge in [0.2, 0.25) is 0 Å². The first-order chi connectivity index (χ1) is 29.2. The van der Waals surface area contributed by atoms with Crippen LogP contribution >= 0.6 is 95.6 Å². The number of carbonyl (C=O) groups excluding carboxylic acids is 1. The van der Waals surface area contributed by atoms with Crippen LogP contribution in [0, 0.1) is 12.3 Å². The molecule has 0 aliphatic carbocycles. The SMILES string of the molecule is C#CCCc1cn(C)cn1.Cn1cnc(CCC(O)C(Br)Br)c1.Cn1cnc(CCC(OS(C)(=O)=O)C(Br)Br)c1.Cn1cnc(CCC=C(Br)Br)c1.Cn1cnc(CCC=O)c1. The van der Waals surface area contributed by atoms with Crippen molar-refractivity contribution in [2.75, 3.05) is 6.26 Å². The second-order valence-corrected chi connectivity index (χ2v) is 24.5. The molecule has 5 aromatic rings. The monoisotopic (exact) mass is 1260 g/mol. The number of hydrogen-bond acceptors (Lipinski definition) is 10. The average molecular weight is 1270 g/mol. The third kappa shape index (κ3) is 29.3. The molecule has 0 radical (unpaired) electrons. The smallest absolute Gasteiger partial charge is 0.264 e. The molecule has 22 heteroatoms. The number of aldehydes is 1. The molecule has 0 spiro atoms.